The molecule has 0 spiro atoms. The first-order valence-corrected chi connectivity index (χ1v) is 10.7. The van der Waals surface area contributed by atoms with Gasteiger partial charge >= 0.3 is 11.9 Å². The number of hydrogen-bond acceptors (Lipinski definition) is 7. The van der Waals surface area contributed by atoms with Gasteiger partial charge in [0.1, 0.15) is 0 Å². The summed E-state index contributed by atoms with van der Waals surface area (Å²) in [5.41, 5.74) is 0.577. The first kappa shape index (κ1) is 31.4. The summed E-state index contributed by atoms with van der Waals surface area (Å²) < 4.78 is 10.0. The average Bonchev–Trinajstić information content (AvgIpc) is 2.85. The summed E-state index contributed by atoms with van der Waals surface area (Å²) in [6.07, 6.45) is 8.63. The van der Waals surface area contributed by atoms with Crippen molar-refractivity contribution < 1.29 is 33.8 Å². The van der Waals surface area contributed by atoms with Crippen LogP contribution in [0, 0.1) is 5.41 Å². The summed E-state index contributed by atoms with van der Waals surface area (Å²) >= 11 is 0. The SMILES string of the molecule is C=CC(=O)OCC(CCCC)(CCCC)CC(=O)OC.CO.O=Cc1ccccc1C=O. The van der Waals surface area contributed by atoms with Crippen molar-refractivity contribution in [2.75, 3.05) is 20.8 Å². The molecule has 0 saturated heterocycles. The van der Waals surface area contributed by atoms with Crippen LogP contribution in [0.15, 0.2) is 36.9 Å². The number of benzene rings is 1. The number of rotatable bonds is 13. The lowest BCUT2D eigenvalue weighted by Gasteiger charge is -2.32. The van der Waals surface area contributed by atoms with Crippen LogP contribution in [-0.2, 0) is 19.1 Å². The Morgan fingerprint density at radius 3 is 1.81 bits per heavy atom. The van der Waals surface area contributed by atoms with E-state index in [0.29, 0.717) is 30.1 Å². The Kier molecular flexibility index (Phi) is 19.7. The van der Waals surface area contributed by atoms with Crippen molar-refractivity contribution in [2.24, 2.45) is 5.41 Å². The van der Waals surface area contributed by atoms with Crippen LogP contribution in [0.5, 0.6) is 0 Å². The van der Waals surface area contributed by atoms with Gasteiger partial charge in [0.2, 0.25) is 0 Å². The minimum absolute atomic E-state index is 0.244. The molecule has 0 fully saturated rings. The molecule has 0 saturated carbocycles. The van der Waals surface area contributed by atoms with E-state index < -0.39 is 5.97 Å². The quantitative estimate of drug-likeness (QED) is 0.266. The molecular weight excluding hydrogens is 412 g/mol. The van der Waals surface area contributed by atoms with E-state index in [0.717, 1.165) is 51.7 Å². The molecule has 7 nitrogen and oxygen atoms in total. The molecule has 0 unspecified atom stereocenters. The van der Waals surface area contributed by atoms with Crippen LogP contribution in [0.3, 0.4) is 0 Å². The fourth-order valence-corrected chi connectivity index (χ4v) is 2.99. The lowest BCUT2D eigenvalue weighted by Crippen LogP contribution is -2.31. The van der Waals surface area contributed by atoms with E-state index in [1.807, 2.05) is 0 Å². The number of aliphatic hydroxyl groups excluding tert-OH is 1. The summed E-state index contributed by atoms with van der Waals surface area (Å²) in [6, 6.07) is 6.65. The van der Waals surface area contributed by atoms with Gasteiger partial charge in [0.05, 0.1) is 20.1 Å². The van der Waals surface area contributed by atoms with Gasteiger partial charge in [-0.05, 0) is 12.8 Å². The molecule has 32 heavy (non-hydrogen) atoms. The molecule has 0 amide bonds. The second kappa shape index (κ2) is 20.1. The molecule has 1 aromatic rings. The van der Waals surface area contributed by atoms with Crippen LogP contribution >= 0.6 is 0 Å². The van der Waals surface area contributed by atoms with Crippen LogP contribution in [0.1, 0.15) is 79.5 Å². The van der Waals surface area contributed by atoms with Crippen molar-refractivity contribution in [2.45, 2.75) is 58.8 Å². The third-order valence-corrected chi connectivity index (χ3v) is 4.81. The number of hydrogen-bond donors (Lipinski definition) is 1. The predicted octanol–water partition coefficient (Wildman–Crippen LogP) is 4.57. The van der Waals surface area contributed by atoms with Crippen LogP contribution < -0.4 is 0 Å². The van der Waals surface area contributed by atoms with Gasteiger partial charge in [-0.3, -0.25) is 14.4 Å². The summed E-state index contributed by atoms with van der Waals surface area (Å²) in [5.74, 6) is -0.681. The zero-order valence-electron chi connectivity index (χ0n) is 19.8. The van der Waals surface area contributed by atoms with Crippen molar-refractivity contribution in [1.29, 1.82) is 0 Å². The number of ether oxygens (including phenoxy) is 2. The van der Waals surface area contributed by atoms with E-state index in [1.54, 1.807) is 24.3 Å². The predicted molar refractivity (Wildman–Crippen MR) is 125 cm³/mol. The third kappa shape index (κ3) is 13.5. The van der Waals surface area contributed by atoms with Gasteiger partial charge in [-0.15, -0.1) is 0 Å². The standard InChI is InChI=1S/C16H28O4.C8H6O2.CH4O/c1-5-8-10-16(11-9-6-2,12-15(18)19-4)13-20-14(17)7-3;9-5-7-3-1-2-4-8(7)6-10;1-2/h7H,3,5-6,8-13H2,1-2,4H3;1-6H;2H,1H3. The number of esters is 2. The Bertz CT molecular complexity index is 648. The van der Waals surface area contributed by atoms with Crippen molar-refractivity contribution >= 4 is 24.5 Å². The lowest BCUT2D eigenvalue weighted by molar-refractivity contribution is -0.150. The van der Waals surface area contributed by atoms with Gasteiger partial charge in [-0.25, -0.2) is 4.79 Å². The number of aldehydes is 2. The molecule has 0 bridgehead atoms. The van der Waals surface area contributed by atoms with E-state index in [1.165, 1.54) is 7.11 Å². The Morgan fingerprint density at radius 2 is 1.47 bits per heavy atom. The summed E-state index contributed by atoms with van der Waals surface area (Å²) in [6.45, 7) is 7.87. The largest absolute Gasteiger partial charge is 0.469 e. The van der Waals surface area contributed by atoms with E-state index in [2.05, 4.69) is 20.4 Å². The van der Waals surface area contributed by atoms with Crippen molar-refractivity contribution in [3.05, 3.63) is 48.0 Å². The highest BCUT2D eigenvalue weighted by molar-refractivity contribution is 5.90. The fourth-order valence-electron chi connectivity index (χ4n) is 2.99. The van der Waals surface area contributed by atoms with Gasteiger partial charge in [-0.1, -0.05) is 70.4 Å². The maximum atomic E-state index is 11.7. The second-order valence-electron chi connectivity index (χ2n) is 7.14. The minimum Gasteiger partial charge on any atom is -0.469 e. The topological polar surface area (TPSA) is 107 Å². The second-order valence-corrected chi connectivity index (χ2v) is 7.14. The molecule has 0 radical (unpaired) electrons. The highest BCUT2D eigenvalue weighted by atomic mass is 16.5. The van der Waals surface area contributed by atoms with Crippen molar-refractivity contribution in [1.82, 2.24) is 0 Å². The molecule has 0 atom stereocenters. The van der Waals surface area contributed by atoms with E-state index >= 15 is 0 Å². The Hall–Kier alpha value is -2.80. The molecule has 0 aliphatic carbocycles. The van der Waals surface area contributed by atoms with Gasteiger partial charge in [0.15, 0.2) is 12.6 Å². The highest BCUT2D eigenvalue weighted by Crippen LogP contribution is 2.36. The van der Waals surface area contributed by atoms with Gasteiger partial charge in [0, 0.05) is 29.7 Å². The van der Waals surface area contributed by atoms with Crippen molar-refractivity contribution in [3.8, 4) is 0 Å². The van der Waals surface area contributed by atoms with Crippen LogP contribution in [-0.4, -0.2) is 50.4 Å². The van der Waals surface area contributed by atoms with Crippen LogP contribution in [0.25, 0.3) is 0 Å². The molecule has 180 valence electrons. The molecule has 0 aromatic heterocycles. The highest BCUT2D eigenvalue weighted by Gasteiger charge is 2.33. The Labute approximate surface area is 191 Å². The lowest BCUT2D eigenvalue weighted by atomic mass is 9.76. The zero-order chi connectivity index (χ0) is 24.8. The monoisotopic (exact) mass is 450 g/mol. The van der Waals surface area contributed by atoms with E-state index in [4.69, 9.17) is 14.6 Å². The Morgan fingerprint density at radius 1 is 1.00 bits per heavy atom. The smallest absolute Gasteiger partial charge is 0.330 e. The molecule has 7 heteroatoms. The molecular formula is C25H38O7. The molecule has 1 rings (SSSR count). The average molecular weight is 451 g/mol. The van der Waals surface area contributed by atoms with Crippen LogP contribution in [0.2, 0.25) is 0 Å². The van der Waals surface area contributed by atoms with E-state index in [9.17, 15) is 19.2 Å². The first-order chi connectivity index (χ1) is 15.4. The van der Waals surface area contributed by atoms with Gasteiger partial charge in [0.25, 0.3) is 0 Å². The number of carbonyl (C=O) groups excluding carboxylic acids is 4. The van der Waals surface area contributed by atoms with Crippen LogP contribution in [0.4, 0.5) is 0 Å². The van der Waals surface area contributed by atoms with E-state index in [-0.39, 0.29) is 18.0 Å². The summed E-state index contributed by atoms with van der Waals surface area (Å²) in [4.78, 5) is 43.4. The molecule has 0 aliphatic rings. The number of unbranched alkanes of at least 4 members (excludes halogenated alkanes) is 2. The maximum Gasteiger partial charge on any atom is 0.330 e. The van der Waals surface area contributed by atoms with Gasteiger partial charge in [-0.2, -0.15) is 0 Å². The normalized spacial score (nSPS) is 9.78. The minimum atomic E-state index is -0.438. The summed E-state index contributed by atoms with van der Waals surface area (Å²) in [7, 11) is 2.39. The zero-order valence-corrected chi connectivity index (χ0v) is 19.8. The molecule has 1 aromatic carbocycles. The summed E-state index contributed by atoms with van der Waals surface area (Å²) in [5, 5.41) is 7.00. The Balaban J connectivity index is 0. The number of methoxy groups -OCH3 is 1. The molecule has 0 heterocycles. The van der Waals surface area contributed by atoms with Crippen molar-refractivity contribution in [3.63, 3.8) is 0 Å². The fraction of sp³-hybridized carbons (Fsp3) is 0.520. The number of aliphatic hydroxyl groups is 1. The van der Waals surface area contributed by atoms with Gasteiger partial charge < -0.3 is 14.6 Å². The number of carbonyl (C=O) groups is 4. The first-order valence-electron chi connectivity index (χ1n) is 10.7. The maximum absolute atomic E-state index is 11.7. The molecule has 1 N–H and O–H groups in total. The third-order valence-electron chi connectivity index (χ3n) is 4.81. The molecule has 0 aliphatic heterocycles.